The monoisotopic (exact) mass is 314 g/mol. The van der Waals surface area contributed by atoms with Crippen LogP contribution in [0.15, 0.2) is 73.1 Å². The average molecular weight is 314 g/mol. The fourth-order valence-corrected chi connectivity index (χ4v) is 2.85. The molecule has 0 aliphatic heterocycles. The van der Waals surface area contributed by atoms with Gasteiger partial charge in [-0.05, 0) is 29.3 Å². The predicted molar refractivity (Wildman–Crippen MR) is 93.9 cm³/mol. The lowest BCUT2D eigenvalue weighted by atomic mass is 10.0. The summed E-state index contributed by atoms with van der Waals surface area (Å²) >= 11 is 0. The molecule has 0 amide bonds. The minimum atomic E-state index is -0.931. The fourth-order valence-electron chi connectivity index (χ4n) is 2.85. The summed E-state index contributed by atoms with van der Waals surface area (Å²) in [6.07, 6.45) is 3.71. The number of nitrogens with one attached hydrogen (secondary N) is 1. The predicted octanol–water partition coefficient (Wildman–Crippen LogP) is 4.60. The van der Waals surface area contributed by atoms with Gasteiger partial charge in [0.15, 0.2) is 0 Å². The van der Waals surface area contributed by atoms with Gasteiger partial charge in [0.1, 0.15) is 5.65 Å². The summed E-state index contributed by atoms with van der Waals surface area (Å²) < 4.78 is 0. The average Bonchev–Trinajstić information content (AvgIpc) is 3.05. The Morgan fingerprint density at radius 3 is 2.50 bits per heavy atom. The van der Waals surface area contributed by atoms with Crippen molar-refractivity contribution in [2.75, 3.05) is 0 Å². The molecule has 4 rings (SSSR count). The highest BCUT2D eigenvalue weighted by atomic mass is 16.4. The van der Waals surface area contributed by atoms with Crippen molar-refractivity contribution >= 4 is 17.0 Å². The number of pyridine rings is 1. The molecule has 2 N–H and O–H groups in total. The van der Waals surface area contributed by atoms with E-state index in [0.29, 0.717) is 0 Å². The van der Waals surface area contributed by atoms with Crippen molar-refractivity contribution in [1.29, 1.82) is 0 Å². The molecule has 4 heteroatoms. The van der Waals surface area contributed by atoms with E-state index in [2.05, 4.69) is 16.0 Å². The number of fused-ring (bicyclic) bond motifs is 1. The molecular formula is C20H14N2O2. The first-order chi connectivity index (χ1) is 11.7. The lowest BCUT2D eigenvalue weighted by Gasteiger charge is -2.04. The Hall–Kier alpha value is -3.40. The third kappa shape index (κ3) is 2.44. The van der Waals surface area contributed by atoms with Crippen molar-refractivity contribution in [1.82, 2.24) is 9.97 Å². The van der Waals surface area contributed by atoms with E-state index in [1.54, 1.807) is 18.2 Å². The zero-order valence-electron chi connectivity index (χ0n) is 12.7. The van der Waals surface area contributed by atoms with Crippen molar-refractivity contribution in [2.24, 2.45) is 0 Å². The molecule has 0 aliphatic carbocycles. The van der Waals surface area contributed by atoms with Crippen LogP contribution in [0.1, 0.15) is 10.4 Å². The maximum atomic E-state index is 11.2. The molecule has 2 aromatic carbocycles. The maximum absolute atomic E-state index is 11.2. The molecule has 2 heterocycles. The second-order valence-electron chi connectivity index (χ2n) is 5.57. The van der Waals surface area contributed by atoms with E-state index in [4.69, 9.17) is 0 Å². The van der Waals surface area contributed by atoms with Crippen LogP contribution in [-0.2, 0) is 0 Å². The van der Waals surface area contributed by atoms with Crippen molar-refractivity contribution in [2.45, 2.75) is 0 Å². The van der Waals surface area contributed by atoms with Crippen LogP contribution in [0.25, 0.3) is 33.3 Å². The van der Waals surface area contributed by atoms with Crippen molar-refractivity contribution in [3.63, 3.8) is 0 Å². The first kappa shape index (κ1) is 14.2. The molecule has 116 valence electrons. The van der Waals surface area contributed by atoms with E-state index >= 15 is 0 Å². The van der Waals surface area contributed by atoms with Crippen LogP contribution in [-0.4, -0.2) is 21.0 Å². The molecule has 24 heavy (non-hydrogen) atoms. The highest BCUT2D eigenvalue weighted by Gasteiger charge is 2.11. The second-order valence-corrected chi connectivity index (χ2v) is 5.57. The Bertz CT molecular complexity index is 1040. The van der Waals surface area contributed by atoms with Crippen LogP contribution < -0.4 is 0 Å². The van der Waals surface area contributed by atoms with Gasteiger partial charge in [-0.25, -0.2) is 9.78 Å². The zero-order chi connectivity index (χ0) is 16.5. The minimum absolute atomic E-state index is 0.272. The summed E-state index contributed by atoms with van der Waals surface area (Å²) in [7, 11) is 0. The number of benzene rings is 2. The van der Waals surface area contributed by atoms with Gasteiger partial charge in [0.2, 0.25) is 0 Å². The molecular weight excluding hydrogens is 300 g/mol. The molecule has 0 unspecified atom stereocenters. The van der Waals surface area contributed by atoms with Gasteiger partial charge in [-0.15, -0.1) is 0 Å². The second kappa shape index (κ2) is 5.66. The van der Waals surface area contributed by atoms with Crippen molar-refractivity contribution < 1.29 is 9.90 Å². The van der Waals surface area contributed by atoms with Gasteiger partial charge < -0.3 is 10.1 Å². The third-order valence-electron chi connectivity index (χ3n) is 4.06. The van der Waals surface area contributed by atoms with Crippen LogP contribution in [0.5, 0.6) is 0 Å². The van der Waals surface area contributed by atoms with Gasteiger partial charge in [0.25, 0.3) is 0 Å². The van der Waals surface area contributed by atoms with Crippen LogP contribution in [0, 0.1) is 0 Å². The molecule has 4 aromatic rings. The summed E-state index contributed by atoms with van der Waals surface area (Å²) in [6, 6.07) is 19.1. The van der Waals surface area contributed by atoms with E-state index in [0.717, 1.165) is 33.3 Å². The van der Waals surface area contributed by atoms with E-state index in [1.165, 1.54) is 0 Å². The van der Waals surface area contributed by atoms with Gasteiger partial charge in [-0.3, -0.25) is 0 Å². The molecule has 0 saturated carbocycles. The quantitative estimate of drug-likeness (QED) is 0.581. The molecule has 0 bridgehead atoms. The number of aromatic nitrogens is 2. The summed E-state index contributed by atoms with van der Waals surface area (Å²) in [6.45, 7) is 0. The first-order valence-electron chi connectivity index (χ1n) is 7.58. The van der Waals surface area contributed by atoms with Crippen LogP contribution >= 0.6 is 0 Å². The van der Waals surface area contributed by atoms with E-state index in [9.17, 15) is 9.90 Å². The van der Waals surface area contributed by atoms with E-state index < -0.39 is 5.97 Å². The summed E-state index contributed by atoms with van der Waals surface area (Å²) in [5.74, 6) is -0.931. The van der Waals surface area contributed by atoms with E-state index in [1.807, 2.05) is 48.8 Å². The number of carboxylic acid groups (broad SMARTS) is 1. The Morgan fingerprint density at radius 2 is 1.71 bits per heavy atom. The number of carboxylic acids is 1. The lowest BCUT2D eigenvalue weighted by Crippen LogP contribution is -1.95. The molecule has 0 saturated heterocycles. The number of hydrogen-bond acceptors (Lipinski definition) is 2. The highest BCUT2D eigenvalue weighted by molar-refractivity contribution is 5.97. The summed E-state index contributed by atoms with van der Waals surface area (Å²) in [5.41, 5.74) is 4.97. The van der Waals surface area contributed by atoms with Crippen LogP contribution in [0.2, 0.25) is 0 Å². The minimum Gasteiger partial charge on any atom is -0.478 e. The van der Waals surface area contributed by atoms with Gasteiger partial charge in [0.05, 0.1) is 5.56 Å². The number of hydrogen-bond donors (Lipinski definition) is 2. The van der Waals surface area contributed by atoms with Gasteiger partial charge >= 0.3 is 5.97 Å². The Morgan fingerprint density at radius 1 is 0.917 bits per heavy atom. The molecule has 0 aliphatic rings. The summed E-state index contributed by atoms with van der Waals surface area (Å²) in [4.78, 5) is 18.9. The maximum Gasteiger partial charge on any atom is 0.335 e. The largest absolute Gasteiger partial charge is 0.478 e. The topological polar surface area (TPSA) is 66.0 Å². The smallest absolute Gasteiger partial charge is 0.335 e. The standard InChI is InChI=1S/C20H14N2O2/c23-20(24)15-8-4-7-14(9-15)18-12-22-19-17(18)10-16(11-21-19)13-5-2-1-3-6-13/h1-12H,(H,21,22)(H,23,24). The van der Waals surface area contributed by atoms with Crippen LogP contribution in [0.3, 0.4) is 0 Å². The summed E-state index contributed by atoms with van der Waals surface area (Å²) in [5, 5.41) is 10.2. The molecule has 0 atom stereocenters. The lowest BCUT2D eigenvalue weighted by molar-refractivity contribution is 0.0697. The van der Waals surface area contributed by atoms with Gasteiger partial charge in [-0.1, -0.05) is 42.5 Å². The number of aromatic carboxylic acids is 1. The van der Waals surface area contributed by atoms with Crippen molar-refractivity contribution in [3.05, 3.63) is 78.6 Å². The van der Waals surface area contributed by atoms with Gasteiger partial charge in [-0.2, -0.15) is 0 Å². The number of rotatable bonds is 3. The normalized spacial score (nSPS) is 10.8. The van der Waals surface area contributed by atoms with Crippen molar-refractivity contribution in [3.8, 4) is 22.3 Å². The van der Waals surface area contributed by atoms with E-state index in [-0.39, 0.29) is 5.56 Å². The molecule has 0 fully saturated rings. The van der Waals surface area contributed by atoms with Crippen LogP contribution in [0.4, 0.5) is 0 Å². The molecule has 0 spiro atoms. The Labute approximate surface area is 138 Å². The van der Waals surface area contributed by atoms with Gasteiger partial charge in [0, 0.05) is 28.9 Å². The molecule has 0 radical (unpaired) electrons. The Kier molecular flexibility index (Phi) is 3.35. The fraction of sp³-hybridized carbons (Fsp3) is 0. The highest BCUT2D eigenvalue weighted by Crippen LogP contribution is 2.31. The molecule has 2 aromatic heterocycles. The SMILES string of the molecule is O=C(O)c1cccc(-c2c[nH]c3ncc(-c4ccccc4)cc23)c1. The number of aromatic amines is 1. The number of H-pyrrole nitrogens is 1. The number of nitrogens with zero attached hydrogens (tertiary/aromatic N) is 1. The molecule has 4 nitrogen and oxygen atoms in total. The Balaban J connectivity index is 1.88. The third-order valence-corrected chi connectivity index (χ3v) is 4.06. The zero-order valence-corrected chi connectivity index (χ0v) is 12.7. The number of carbonyl (C=O) groups is 1. The first-order valence-corrected chi connectivity index (χ1v) is 7.58.